The van der Waals surface area contributed by atoms with Gasteiger partial charge in [-0.15, -0.1) is 12.4 Å². The molecule has 2 fully saturated rings. The van der Waals surface area contributed by atoms with E-state index in [0.717, 1.165) is 0 Å². The van der Waals surface area contributed by atoms with Gasteiger partial charge in [0.15, 0.2) is 0 Å². The van der Waals surface area contributed by atoms with E-state index in [0.29, 0.717) is 5.92 Å². The lowest BCUT2D eigenvalue weighted by atomic mass is 9.90. The number of carbonyl (C=O) groups is 1. The molecule has 2 saturated carbocycles. The van der Waals surface area contributed by atoms with E-state index in [2.05, 4.69) is 6.08 Å². The van der Waals surface area contributed by atoms with Gasteiger partial charge in [-0.25, -0.2) is 0 Å². The molecular weight excluding hydrogens is 200 g/mol. The third kappa shape index (κ3) is 1.68. The van der Waals surface area contributed by atoms with Crippen molar-refractivity contribution in [1.82, 2.24) is 0 Å². The zero-order valence-corrected chi connectivity index (χ0v) is 9.43. The number of carboxylic acid groups (broad SMARTS) is 1. The molecule has 0 aromatic rings. The van der Waals surface area contributed by atoms with Crippen LogP contribution in [0.4, 0.5) is 0 Å². The van der Waals surface area contributed by atoms with E-state index >= 15 is 0 Å². The average Bonchev–Trinajstić information content (AvgIpc) is 2.44. The van der Waals surface area contributed by atoms with Gasteiger partial charge < -0.3 is 5.11 Å². The van der Waals surface area contributed by atoms with Crippen LogP contribution in [0.3, 0.4) is 0 Å². The van der Waals surface area contributed by atoms with Gasteiger partial charge in [-0.05, 0) is 30.6 Å². The molecule has 0 aromatic carbocycles. The van der Waals surface area contributed by atoms with Crippen LogP contribution in [0.2, 0.25) is 0 Å². The first-order valence-electron chi connectivity index (χ1n) is 4.96. The molecule has 0 spiro atoms. The molecule has 0 bridgehead atoms. The lowest BCUT2D eigenvalue weighted by molar-refractivity contribution is -0.139. The summed E-state index contributed by atoms with van der Waals surface area (Å²) in [5.41, 5.74) is 1.47. The molecule has 0 heterocycles. The van der Waals surface area contributed by atoms with Gasteiger partial charge in [0.25, 0.3) is 0 Å². The molecule has 2 rings (SSSR count). The van der Waals surface area contributed by atoms with Gasteiger partial charge in [-0.1, -0.05) is 25.5 Å². The average molecular weight is 217 g/mol. The van der Waals surface area contributed by atoms with Crippen molar-refractivity contribution in [3.05, 3.63) is 11.6 Å². The maximum Gasteiger partial charge on any atom is 0.307 e. The molecular formula is C11H17ClO2. The summed E-state index contributed by atoms with van der Waals surface area (Å²) in [4.78, 5) is 10.8. The minimum atomic E-state index is -0.633. The molecule has 0 aromatic heterocycles. The SMILES string of the molecule is CC1(C)C(C=C2CCC2)C1C(=O)O.Cl. The molecule has 2 nitrogen and oxygen atoms in total. The Bertz CT molecular complexity index is 275. The van der Waals surface area contributed by atoms with Gasteiger partial charge in [0, 0.05) is 0 Å². The molecule has 2 aliphatic carbocycles. The van der Waals surface area contributed by atoms with Crippen LogP contribution in [0.15, 0.2) is 11.6 Å². The lowest BCUT2D eigenvalue weighted by Gasteiger charge is -2.16. The molecule has 3 heteroatoms. The highest BCUT2D eigenvalue weighted by Gasteiger charge is 2.60. The first-order chi connectivity index (χ1) is 6.03. The van der Waals surface area contributed by atoms with E-state index in [1.165, 1.54) is 24.8 Å². The van der Waals surface area contributed by atoms with E-state index < -0.39 is 5.97 Å². The normalized spacial score (nSPS) is 32.6. The predicted octanol–water partition coefficient (Wildman–Crippen LogP) is 2.88. The summed E-state index contributed by atoms with van der Waals surface area (Å²) in [6, 6.07) is 0. The number of hydrogen-bond acceptors (Lipinski definition) is 1. The molecule has 80 valence electrons. The smallest absolute Gasteiger partial charge is 0.307 e. The second-order valence-corrected chi connectivity index (χ2v) is 4.84. The standard InChI is InChI=1S/C11H16O2.ClH/c1-11(2)8(9(11)10(12)13)6-7-4-3-5-7;/h6,8-9H,3-5H2,1-2H3,(H,12,13);1H. The van der Waals surface area contributed by atoms with Crippen molar-refractivity contribution >= 4 is 18.4 Å². The Hall–Kier alpha value is -0.500. The van der Waals surface area contributed by atoms with E-state index in [9.17, 15) is 4.79 Å². The summed E-state index contributed by atoms with van der Waals surface area (Å²) >= 11 is 0. The Labute approximate surface area is 90.8 Å². The molecule has 0 radical (unpaired) electrons. The number of hydrogen-bond donors (Lipinski definition) is 1. The van der Waals surface area contributed by atoms with E-state index in [4.69, 9.17) is 5.11 Å². The first kappa shape index (κ1) is 11.6. The summed E-state index contributed by atoms with van der Waals surface area (Å²) in [7, 11) is 0. The van der Waals surface area contributed by atoms with Crippen molar-refractivity contribution in [1.29, 1.82) is 0 Å². The van der Waals surface area contributed by atoms with Crippen LogP contribution in [0, 0.1) is 17.3 Å². The highest BCUT2D eigenvalue weighted by atomic mass is 35.5. The lowest BCUT2D eigenvalue weighted by Crippen LogP contribution is -2.03. The number of allylic oxidation sites excluding steroid dienone is 2. The van der Waals surface area contributed by atoms with Gasteiger partial charge in [-0.3, -0.25) is 4.79 Å². The van der Waals surface area contributed by atoms with Crippen LogP contribution in [0.5, 0.6) is 0 Å². The fourth-order valence-corrected chi connectivity index (χ4v) is 2.26. The van der Waals surface area contributed by atoms with Gasteiger partial charge in [-0.2, -0.15) is 0 Å². The largest absolute Gasteiger partial charge is 0.481 e. The fraction of sp³-hybridized carbons (Fsp3) is 0.727. The van der Waals surface area contributed by atoms with E-state index in [-0.39, 0.29) is 23.7 Å². The van der Waals surface area contributed by atoms with Gasteiger partial charge in [0.05, 0.1) is 5.92 Å². The summed E-state index contributed by atoms with van der Waals surface area (Å²) < 4.78 is 0. The van der Waals surface area contributed by atoms with Gasteiger partial charge in [0.2, 0.25) is 0 Å². The quantitative estimate of drug-likeness (QED) is 0.721. The molecule has 0 amide bonds. The van der Waals surface area contributed by atoms with E-state index in [1.807, 2.05) is 13.8 Å². The Kier molecular flexibility index (Phi) is 2.96. The molecule has 2 unspecified atom stereocenters. The van der Waals surface area contributed by atoms with Crippen LogP contribution >= 0.6 is 12.4 Å². The fourth-order valence-electron chi connectivity index (χ4n) is 2.26. The number of carboxylic acids is 1. The first-order valence-corrected chi connectivity index (χ1v) is 4.96. The molecule has 2 aliphatic rings. The van der Waals surface area contributed by atoms with Gasteiger partial charge in [0.1, 0.15) is 0 Å². The van der Waals surface area contributed by atoms with Crippen LogP contribution in [0.1, 0.15) is 33.1 Å². The zero-order chi connectivity index (χ0) is 9.64. The van der Waals surface area contributed by atoms with Gasteiger partial charge >= 0.3 is 5.97 Å². The molecule has 14 heavy (non-hydrogen) atoms. The third-order valence-electron chi connectivity index (χ3n) is 3.59. The van der Waals surface area contributed by atoms with Crippen molar-refractivity contribution in [2.45, 2.75) is 33.1 Å². The molecule has 0 saturated heterocycles. The number of rotatable bonds is 2. The minimum Gasteiger partial charge on any atom is -0.481 e. The highest BCUT2D eigenvalue weighted by molar-refractivity contribution is 5.85. The summed E-state index contributed by atoms with van der Waals surface area (Å²) in [6.45, 7) is 4.10. The maximum atomic E-state index is 10.8. The molecule has 0 aliphatic heterocycles. The third-order valence-corrected chi connectivity index (χ3v) is 3.59. The molecule has 2 atom stereocenters. The van der Waals surface area contributed by atoms with E-state index in [1.54, 1.807) is 0 Å². The second kappa shape index (κ2) is 3.58. The Morgan fingerprint density at radius 3 is 2.36 bits per heavy atom. The summed E-state index contributed by atoms with van der Waals surface area (Å²) in [5, 5.41) is 8.93. The molecule has 1 N–H and O–H groups in total. The summed E-state index contributed by atoms with van der Waals surface area (Å²) in [6.07, 6.45) is 5.89. The second-order valence-electron chi connectivity index (χ2n) is 4.84. The highest BCUT2D eigenvalue weighted by Crippen LogP contribution is 2.59. The van der Waals surface area contributed by atoms with Crippen molar-refractivity contribution in [2.24, 2.45) is 17.3 Å². The van der Waals surface area contributed by atoms with Crippen molar-refractivity contribution in [3.8, 4) is 0 Å². The van der Waals surface area contributed by atoms with Crippen molar-refractivity contribution in [3.63, 3.8) is 0 Å². The maximum absolute atomic E-state index is 10.8. The van der Waals surface area contributed by atoms with Crippen LogP contribution < -0.4 is 0 Å². The van der Waals surface area contributed by atoms with Crippen molar-refractivity contribution in [2.75, 3.05) is 0 Å². The summed E-state index contributed by atoms with van der Waals surface area (Å²) in [5.74, 6) is -0.480. The zero-order valence-electron chi connectivity index (χ0n) is 8.62. The number of aliphatic carboxylic acids is 1. The predicted molar refractivity (Wildman–Crippen MR) is 57.6 cm³/mol. The topological polar surface area (TPSA) is 37.3 Å². The Balaban J connectivity index is 0.000000980. The Morgan fingerprint density at radius 2 is 2.07 bits per heavy atom. The number of halogens is 1. The van der Waals surface area contributed by atoms with Crippen LogP contribution in [-0.4, -0.2) is 11.1 Å². The van der Waals surface area contributed by atoms with Crippen molar-refractivity contribution < 1.29 is 9.90 Å². The Morgan fingerprint density at radius 1 is 1.50 bits per heavy atom. The van der Waals surface area contributed by atoms with Crippen LogP contribution in [0.25, 0.3) is 0 Å². The van der Waals surface area contributed by atoms with Crippen LogP contribution in [-0.2, 0) is 4.79 Å². The minimum absolute atomic E-state index is 0. The monoisotopic (exact) mass is 216 g/mol.